The Bertz CT molecular complexity index is 1300. The van der Waals surface area contributed by atoms with Crippen molar-refractivity contribution in [2.24, 2.45) is 0 Å². The van der Waals surface area contributed by atoms with E-state index in [1.807, 2.05) is 0 Å². The quantitative estimate of drug-likeness (QED) is 0.346. The van der Waals surface area contributed by atoms with Crippen molar-refractivity contribution >= 4 is 45.0 Å². The van der Waals surface area contributed by atoms with Crippen molar-refractivity contribution < 1.29 is 27.2 Å². The van der Waals surface area contributed by atoms with E-state index in [4.69, 9.17) is 11.6 Å². The molecule has 4 rings (SSSR count). The van der Waals surface area contributed by atoms with Gasteiger partial charge in [-0.3, -0.25) is 9.59 Å². The van der Waals surface area contributed by atoms with E-state index in [9.17, 15) is 27.2 Å². The number of alkyl halides is 3. The maximum Gasteiger partial charge on any atom is 0.416 e. The third-order valence-electron chi connectivity index (χ3n) is 5.44. The molecule has 1 atom stereocenters. The maximum absolute atomic E-state index is 13.9. The number of fused-ring (bicyclic) bond motifs is 1. The fraction of sp³-hybridized carbons (Fsp3) is 0.167. The molecule has 0 aromatic heterocycles. The molecule has 1 heterocycles. The van der Waals surface area contributed by atoms with E-state index >= 15 is 0 Å². The lowest BCUT2D eigenvalue weighted by Crippen LogP contribution is -2.21. The first-order valence-corrected chi connectivity index (χ1v) is 11.3. The molecule has 34 heavy (non-hydrogen) atoms. The summed E-state index contributed by atoms with van der Waals surface area (Å²) in [5.41, 5.74) is 0.447. The first-order valence-electron chi connectivity index (χ1n) is 10.1. The van der Waals surface area contributed by atoms with Gasteiger partial charge in [-0.25, -0.2) is 4.39 Å². The maximum atomic E-state index is 13.9. The Morgan fingerprint density at radius 1 is 1.12 bits per heavy atom. The van der Waals surface area contributed by atoms with Crippen LogP contribution in [0.4, 0.5) is 23.2 Å². The summed E-state index contributed by atoms with van der Waals surface area (Å²) in [4.78, 5) is 25.3. The molecular weight excluding hydrogens is 540 g/mol. The van der Waals surface area contributed by atoms with Crippen molar-refractivity contribution in [2.45, 2.75) is 25.1 Å². The minimum Gasteiger partial charge on any atom is -0.341 e. The molecule has 10 heteroatoms. The third-order valence-corrected chi connectivity index (χ3v) is 6.24. The van der Waals surface area contributed by atoms with E-state index in [1.165, 1.54) is 36.4 Å². The van der Waals surface area contributed by atoms with Crippen molar-refractivity contribution in [1.82, 2.24) is 5.32 Å². The summed E-state index contributed by atoms with van der Waals surface area (Å²) in [5, 5.41) is 5.65. The van der Waals surface area contributed by atoms with Crippen molar-refractivity contribution in [1.29, 1.82) is 0 Å². The van der Waals surface area contributed by atoms with E-state index in [-0.39, 0.29) is 34.7 Å². The van der Waals surface area contributed by atoms with Crippen LogP contribution < -0.4 is 10.6 Å². The average molecular weight is 556 g/mol. The number of hydrogen-bond acceptors (Lipinski definition) is 2. The van der Waals surface area contributed by atoms with Crippen LogP contribution in [0, 0.1) is 5.82 Å². The molecule has 3 aromatic rings. The zero-order valence-corrected chi connectivity index (χ0v) is 19.6. The normalized spacial score (nSPS) is 15.1. The SMILES string of the molecule is O=C(CCc1ccccc1C(F)(F)F)Nc1cc(Br)cc2c1C(c1cc(F)ccc1Cl)NC2=O. The van der Waals surface area contributed by atoms with Crippen LogP contribution in [0.5, 0.6) is 0 Å². The number of anilines is 1. The van der Waals surface area contributed by atoms with Gasteiger partial charge in [0.25, 0.3) is 5.91 Å². The molecule has 0 saturated carbocycles. The van der Waals surface area contributed by atoms with E-state index < -0.39 is 35.4 Å². The number of carbonyl (C=O) groups excluding carboxylic acids is 2. The molecule has 176 valence electrons. The van der Waals surface area contributed by atoms with E-state index in [2.05, 4.69) is 26.6 Å². The van der Waals surface area contributed by atoms with Gasteiger partial charge in [0.05, 0.1) is 11.6 Å². The third kappa shape index (κ3) is 4.95. The number of halogens is 6. The van der Waals surface area contributed by atoms with Crippen LogP contribution in [0.2, 0.25) is 5.02 Å². The van der Waals surface area contributed by atoms with Crippen LogP contribution in [0.1, 0.15) is 45.1 Å². The Labute approximate surface area is 205 Å². The molecule has 0 radical (unpaired) electrons. The van der Waals surface area contributed by atoms with E-state index in [0.29, 0.717) is 15.6 Å². The predicted molar refractivity (Wildman–Crippen MR) is 123 cm³/mol. The standard InChI is InChI=1S/C24H16BrClF4N2O2/c25-13-9-16-21(22(32-23(16)34)15-11-14(27)6-7-18(15)26)19(10-13)31-20(33)8-5-12-3-1-2-4-17(12)24(28,29)30/h1-4,6-7,9-11,22H,5,8H2,(H,31,33)(H,32,34). The highest BCUT2D eigenvalue weighted by Crippen LogP contribution is 2.41. The summed E-state index contributed by atoms with van der Waals surface area (Å²) in [6.07, 6.45) is -4.88. The minimum atomic E-state index is -4.53. The highest BCUT2D eigenvalue weighted by molar-refractivity contribution is 9.10. The second-order valence-electron chi connectivity index (χ2n) is 7.69. The van der Waals surface area contributed by atoms with Crippen LogP contribution in [0.25, 0.3) is 0 Å². The lowest BCUT2D eigenvalue weighted by molar-refractivity contribution is -0.138. The molecule has 0 spiro atoms. The molecule has 3 aromatic carbocycles. The van der Waals surface area contributed by atoms with Crippen LogP contribution in [0.15, 0.2) is 59.1 Å². The Kier molecular flexibility index (Phi) is 6.69. The molecule has 0 fully saturated rings. The molecule has 1 unspecified atom stereocenters. The van der Waals surface area contributed by atoms with Gasteiger partial charge in [0.2, 0.25) is 5.91 Å². The lowest BCUT2D eigenvalue weighted by atomic mass is 9.96. The number of hydrogen-bond donors (Lipinski definition) is 2. The van der Waals surface area contributed by atoms with E-state index in [1.54, 1.807) is 12.1 Å². The Hall–Kier alpha value is -2.91. The molecule has 4 nitrogen and oxygen atoms in total. The van der Waals surface area contributed by atoms with Gasteiger partial charge >= 0.3 is 6.18 Å². The summed E-state index contributed by atoms with van der Waals surface area (Å²) < 4.78 is 54.1. The van der Waals surface area contributed by atoms with Gasteiger partial charge in [0.1, 0.15) is 5.82 Å². The zero-order chi connectivity index (χ0) is 24.6. The summed E-state index contributed by atoms with van der Waals surface area (Å²) >= 11 is 9.54. The molecule has 2 N–H and O–H groups in total. The topological polar surface area (TPSA) is 58.2 Å². The number of nitrogens with one attached hydrogen (secondary N) is 2. The molecule has 0 bridgehead atoms. The molecule has 1 aliphatic rings. The first-order chi connectivity index (χ1) is 16.0. The zero-order valence-electron chi connectivity index (χ0n) is 17.3. The largest absolute Gasteiger partial charge is 0.416 e. The van der Waals surface area contributed by atoms with Gasteiger partial charge in [-0.2, -0.15) is 13.2 Å². The fourth-order valence-corrected chi connectivity index (χ4v) is 4.63. The monoisotopic (exact) mass is 554 g/mol. The van der Waals surface area contributed by atoms with Crippen LogP contribution in [-0.2, 0) is 17.4 Å². The summed E-state index contributed by atoms with van der Waals surface area (Å²) in [6, 6.07) is 11.1. The van der Waals surface area contributed by atoms with Gasteiger partial charge in [-0.1, -0.05) is 45.7 Å². The van der Waals surface area contributed by atoms with E-state index in [0.717, 1.165) is 6.07 Å². The number of carbonyl (C=O) groups is 2. The smallest absolute Gasteiger partial charge is 0.341 e. The number of rotatable bonds is 5. The number of benzene rings is 3. The van der Waals surface area contributed by atoms with Crippen molar-refractivity contribution in [2.75, 3.05) is 5.32 Å². The molecule has 0 saturated heterocycles. The first kappa shape index (κ1) is 24.2. The predicted octanol–water partition coefficient (Wildman–Crippen LogP) is 6.66. The summed E-state index contributed by atoms with van der Waals surface area (Å²) in [7, 11) is 0. The molecule has 1 aliphatic heterocycles. The fourth-order valence-electron chi connectivity index (χ4n) is 3.95. The van der Waals surface area contributed by atoms with Crippen molar-refractivity contribution in [3.63, 3.8) is 0 Å². The second-order valence-corrected chi connectivity index (χ2v) is 9.01. The van der Waals surface area contributed by atoms with Crippen molar-refractivity contribution in [3.05, 3.63) is 97.7 Å². The van der Waals surface area contributed by atoms with Gasteiger partial charge in [-0.05, 0) is 48.4 Å². The summed E-state index contributed by atoms with van der Waals surface area (Å²) in [6.45, 7) is 0. The molecule has 0 aliphatic carbocycles. The molecule has 2 amide bonds. The van der Waals surface area contributed by atoms with Crippen molar-refractivity contribution in [3.8, 4) is 0 Å². The molecular formula is C24H16BrClF4N2O2. The second kappa shape index (κ2) is 9.38. The van der Waals surface area contributed by atoms with Crippen LogP contribution in [0.3, 0.4) is 0 Å². The van der Waals surface area contributed by atoms with Crippen LogP contribution >= 0.6 is 27.5 Å². The number of amides is 2. The van der Waals surface area contributed by atoms with Gasteiger partial charge in [0, 0.05) is 38.3 Å². The van der Waals surface area contributed by atoms with Crippen LogP contribution in [-0.4, -0.2) is 11.8 Å². The highest BCUT2D eigenvalue weighted by Gasteiger charge is 2.35. The van der Waals surface area contributed by atoms with Gasteiger partial charge in [-0.15, -0.1) is 0 Å². The lowest BCUT2D eigenvalue weighted by Gasteiger charge is -2.18. The Balaban J connectivity index is 1.62. The van der Waals surface area contributed by atoms with Gasteiger partial charge in [0.15, 0.2) is 0 Å². The Morgan fingerprint density at radius 2 is 1.85 bits per heavy atom. The average Bonchev–Trinajstić information content (AvgIpc) is 3.10. The minimum absolute atomic E-state index is 0.00545. The number of aryl methyl sites for hydroxylation is 1. The Morgan fingerprint density at radius 3 is 2.59 bits per heavy atom. The summed E-state index contributed by atoms with van der Waals surface area (Å²) in [5.74, 6) is -1.52. The van der Waals surface area contributed by atoms with Gasteiger partial charge < -0.3 is 10.6 Å². The highest BCUT2D eigenvalue weighted by atomic mass is 79.9.